The minimum atomic E-state index is -4.41. The molecule has 0 saturated carbocycles. The van der Waals surface area contributed by atoms with Crippen molar-refractivity contribution in [2.45, 2.75) is 31.5 Å². The highest BCUT2D eigenvalue weighted by atomic mass is 19.4. The van der Waals surface area contributed by atoms with E-state index in [1.54, 1.807) is 12.1 Å². The number of nitriles is 1. The standard InChI is InChI=1S/C22H19F3N4O/c23-22(24,25)19-6-2-5-18(12-19)20-27-21(30-28-20)17-7-9-29(10-8-17)14-16-4-1-3-15(11-16)13-26/h1-6,11-12,17H,7-10,14H2. The molecule has 2 heterocycles. The number of piperidine rings is 1. The zero-order valence-electron chi connectivity index (χ0n) is 16.1. The van der Waals surface area contributed by atoms with Gasteiger partial charge >= 0.3 is 6.18 Å². The summed E-state index contributed by atoms with van der Waals surface area (Å²) in [6, 6.07) is 14.7. The van der Waals surface area contributed by atoms with Crippen LogP contribution in [0.1, 0.15) is 41.3 Å². The monoisotopic (exact) mass is 412 g/mol. The van der Waals surface area contributed by atoms with Crippen molar-refractivity contribution in [1.82, 2.24) is 15.0 Å². The number of aromatic nitrogens is 2. The average Bonchev–Trinajstić information content (AvgIpc) is 3.24. The van der Waals surface area contributed by atoms with Crippen LogP contribution in [0, 0.1) is 11.3 Å². The highest BCUT2D eigenvalue weighted by molar-refractivity contribution is 5.55. The summed E-state index contributed by atoms with van der Waals surface area (Å²) in [4.78, 5) is 6.66. The van der Waals surface area contributed by atoms with Crippen LogP contribution in [0.25, 0.3) is 11.4 Å². The van der Waals surface area contributed by atoms with Gasteiger partial charge in [-0.3, -0.25) is 4.90 Å². The van der Waals surface area contributed by atoms with Crippen molar-refractivity contribution >= 4 is 0 Å². The van der Waals surface area contributed by atoms with Crippen LogP contribution in [0.5, 0.6) is 0 Å². The second-order valence-electron chi connectivity index (χ2n) is 7.40. The van der Waals surface area contributed by atoms with Gasteiger partial charge in [0.2, 0.25) is 11.7 Å². The number of benzene rings is 2. The van der Waals surface area contributed by atoms with E-state index in [0.29, 0.717) is 11.5 Å². The molecule has 5 nitrogen and oxygen atoms in total. The van der Waals surface area contributed by atoms with Crippen LogP contribution in [0.3, 0.4) is 0 Å². The SMILES string of the molecule is N#Cc1cccc(CN2CCC(c3nc(-c4cccc(C(F)(F)F)c4)no3)CC2)c1. The van der Waals surface area contributed by atoms with Gasteiger partial charge in [0.05, 0.1) is 17.2 Å². The largest absolute Gasteiger partial charge is 0.416 e. The Labute approximate surface area is 171 Å². The summed E-state index contributed by atoms with van der Waals surface area (Å²) in [6.45, 7) is 2.44. The van der Waals surface area contributed by atoms with Crippen LogP contribution < -0.4 is 0 Å². The van der Waals surface area contributed by atoms with Gasteiger partial charge in [-0.05, 0) is 55.8 Å². The van der Waals surface area contributed by atoms with Crippen molar-refractivity contribution in [1.29, 1.82) is 5.26 Å². The smallest absolute Gasteiger partial charge is 0.339 e. The lowest BCUT2D eigenvalue weighted by atomic mass is 9.96. The third-order valence-electron chi connectivity index (χ3n) is 5.29. The summed E-state index contributed by atoms with van der Waals surface area (Å²) in [5, 5.41) is 12.9. The molecule has 8 heteroatoms. The molecule has 0 spiro atoms. The minimum absolute atomic E-state index is 0.0822. The number of hydrogen-bond donors (Lipinski definition) is 0. The van der Waals surface area contributed by atoms with Crippen LogP contribution in [0.2, 0.25) is 0 Å². The van der Waals surface area contributed by atoms with E-state index in [2.05, 4.69) is 21.1 Å². The maximum atomic E-state index is 12.9. The minimum Gasteiger partial charge on any atom is -0.339 e. The van der Waals surface area contributed by atoms with E-state index in [1.165, 1.54) is 6.07 Å². The molecule has 0 N–H and O–H groups in total. The first kappa shape index (κ1) is 20.1. The first-order valence-corrected chi connectivity index (χ1v) is 9.65. The topological polar surface area (TPSA) is 66.0 Å². The maximum absolute atomic E-state index is 12.9. The first-order valence-electron chi connectivity index (χ1n) is 9.65. The summed E-state index contributed by atoms with van der Waals surface area (Å²) >= 11 is 0. The molecule has 1 fully saturated rings. The number of likely N-dealkylation sites (tertiary alicyclic amines) is 1. The molecule has 30 heavy (non-hydrogen) atoms. The van der Waals surface area contributed by atoms with Crippen molar-refractivity contribution < 1.29 is 17.7 Å². The fourth-order valence-electron chi connectivity index (χ4n) is 3.69. The molecule has 0 unspecified atom stereocenters. The fraction of sp³-hybridized carbons (Fsp3) is 0.318. The maximum Gasteiger partial charge on any atom is 0.416 e. The predicted octanol–water partition coefficient (Wildman–Crippen LogP) is 5.01. The Morgan fingerprint density at radius 2 is 1.87 bits per heavy atom. The summed E-state index contributed by atoms with van der Waals surface area (Å²) in [5.74, 6) is 0.721. The summed E-state index contributed by atoms with van der Waals surface area (Å²) < 4.78 is 44.2. The third kappa shape index (κ3) is 4.52. The number of nitrogens with zero attached hydrogens (tertiary/aromatic N) is 4. The number of hydrogen-bond acceptors (Lipinski definition) is 5. The highest BCUT2D eigenvalue weighted by Crippen LogP contribution is 2.33. The van der Waals surface area contributed by atoms with E-state index in [-0.39, 0.29) is 17.3 Å². The lowest BCUT2D eigenvalue weighted by Crippen LogP contribution is -2.32. The van der Waals surface area contributed by atoms with Crippen molar-refractivity contribution in [3.05, 3.63) is 71.1 Å². The van der Waals surface area contributed by atoms with Gasteiger partial charge in [-0.1, -0.05) is 29.4 Å². The van der Waals surface area contributed by atoms with E-state index in [0.717, 1.165) is 50.2 Å². The van der Waals surface area contributed by atoms with Gasteiger partial charge in [-0.25, -0.2) is 0 Å². The van der Waals surface area contributed by atoms with Crippen molar-refractivity contribution in [3.63, 3.8) is 0 Å². The molecule has 154 valence electrons. The van der Waals surface area contributed by atoms with Crippen LogP contribution in [-0.2, 0) is 12.7 Å². The van der Waals surface area contributed by atoms with Crippen LogP contribution in [0.4, 0.5) is 13.2 Å². The molecular weight excluding hydrogens is 393 g/mol. The van der Waals surface area contributed by atoms with Crippen LogP contribution in [-0.4, -0.2) is 28.1 Å². The second-order valence-corrected chi connectivity index (χ2v) is 7.40. The van der Waals surface area contributed by atoms with E-state index >= 15 is 0 Å². The average molecular weight is 412 g/mol. The van der Waals surface area contributed by atoms with E-state index < -0.39 is 11.7 Å². The molecule has 2 aromatic carbocycles. The van der Waals surface area contributed by atoms with Crippen molar-refractivity contribution in [2.24, 2.45) is 0 Å². The zero-order valence-corrected chi connectivity index (χ0v) is 16.1. The lowest BCUT2D eigenvalue weighted by Gasteiger charge is -2.30. The molecular formula is C22H19F3N4O. The summed E-state index contributed by atoms with van der Waals surface area (Å²) in [5.41, 5.74) is 1.29. The molecule has 1 aliphatic rings. The van der Waals surface area contributed by atoms with E-state index in [9.17, 15) is 13.2 Å². The van der Waals surface area contributed by atoms with Gasteiger partial charge in [-0.2, -0.15) is 23.4 Å². The first-order chi connectivity index (χ1) is 14.4. The summed E-state index contributed by atoms with van der Waals surface area (Å²) in [7, 11) is 0. The second kappa shape index (κ2) is 8.28. The molecule has 1 aliphatic heterocycles. The molecule has 0 bridgehead atoms. The van der Waals surface area contributed by atoms with Crippen LogP contribution in [0.15, 0.2) is 53.1 Å². The Hall–Kier alpha value is -3.18. The van der Waals surface area contributed by atoms with Gasteiger partial charge < -0.3 is 4.52 Å². The van der Waals surface area contributed by atoms with Gasteiger partial charge in [0, 0.05) is 18.0 Å². The Balaban J connectivity index is 1.39. The molecule has 0 aliphatic carbocycles. The molecule has 3 aromatic rings. The Kier molecular flexibility index (Phi) is 5.55. The molecule has 1 aromatic heterocycles. The molecule has 0 radical (unpaired) electrons. The van der Waals surface area contributed by atoms with Gasteiger partial charge in [0.25, 0.3) is 0 Å². The van der Waals surface area contributed by atoms with Gasteiger partial charge in [0.1, 0.15) is 0 Å². The van der Waals surface area contributed by atoms with E-state index in [4.69, 9.17) is 9.78 Å². The number of rotatable bonds is 4. The fourth-order valence-corrected chi connectivity index (χ4v) is 3.69. The Morgan fingerprint density at radius 3 is 2.60 bits per heavy atom. The molecule has 1 saturated heterocycles. The molecule has 0 atom stereocenters. The predicted molar refractivity (Wildman–Crippen MR) is 103 cm³/mol. The molecule has 0 amide bonds. The molecule has 4 rings (SSSR count). The Morgan fingerprint density at radius 1 is 1.10 bits per heavy atom. The normalized spacial score (nSPS) is 15.8. The summed E-state index contributed by atoms with van der Waals surface area (Å²) in [6.07, 6.45) is -2.77. The highest BCUT2D eigenvalue weighted by Gasteiger charge is 2.31. The lowest BCUT2D eigenvalue weighted by molar-refractivity contribution is -0.137. The van der Waals surface area contributed by atoms with E-state index in [1.807, 2.05) is 18.2 Å². The number of alkyl halides is 3. The van der Waals surface area contributed by atoms with Crippen molar-refractivity contribution in [2.75, 3.05) is 13.1 Å². The van der Waals surface area contributed by atoms with Gasteiger partial charge in [-0.15, -0.1) is 0 Å². The third-order valence-corrected chi connectivity index (χ3v) is 5.29. The van der Waals surface area contributed by atoms with Crippen LogP contribution >= 0.6 is 0 Å². The Bertz CT molecular complexity index is 1060. The van der Waals surface area contributed by atoms with Gasteiger partial charge in [0.15, 0.2) is 0 Å². The number of halogens is 3. The van der Waals surface area contributed by atoms with Crippen molar-refractivity contribution in [3.8, 4) is 17.5 Å². The zero-order chi connectivity index (χ0) is 21.1. The quantitative estimate of drug-likeness (QED) is 0.603.